The van der Waals surface area contributed by atoms with E-state index in [4.69, 9.17) is 0 Å². The first kappa shape index (κ1) is 14.5. The maximum Gasteiger partial charge on any atom is 0.251 e. The molecule has 0 radical (unpaired) electrons. The van der Waals surface area contributed by atoms with Crippen molar-refractivity contribution in [2.75, 3.05) is 0 Å². The van der Waals surface area contributed by atoms with Crippen LogP contribution < -0.4 is 10.9 Å². The van der Waals surface area contributed by atoms with Crippen LogP contribution in [0.3, 0.4) is 0 Å². The summed E-state index contributed by atoms with van der Waals surface area (Å²) in [5, 5.41) is 2.97. The smallest absolute Gasteiger partial charge is 0.251 e. The number of halogens is 1. The van der Waals surface area contributed by atoms with Gasteiger partial charge in [0.25, 0.3) is 5.56 Å². The van der Waals surface area contributed by atoms with Gasteiger partial charge in [0.2, 0.25) is 5.91 Å². The minimum absolute atomic E-state index is 0.0436. The fourth-order valence-corrected chi connectivity index (χ4v) is 2.56. The van der Waals surface area contributed by atoms with Crippen LogP contribution in [0.4, 0.5) is 4.39 Å². The van der Waals surface area contributed by atoms with Gasteiger partial charge in [-0.25, -0.2) is 4.39 Å². The van der Waals surface area contributed by atoms with Crippen molar-refractivity contribution in [3.8, 4) is 0 Å². The molecule has 1 aliphatic carbocycles. The minimum Gasteiger partial charge on any atom is -0.347 e. The number of hydrogen-bond acceptors (Lipinski definition) is 2. The van der Waals surface area contributed by atoms with Gasteiger partial charge < -0.3 is 9.88 Å². The molecular formula is C17H17FN2O2. The molecule has 1 aliphatic rings. The number of benzene rings is 1. The number of nitrogens with zero attached hydrogens (tertiary/aromatic N) is 1. The van der Waals surface area contributed by atoms with E-state index < -0.39 is 5.82 Å². The Kier molecular flexibility index (Phi) is 4.04. The molecule has 1 N–H and O–H groups in total. The Morgan fingerprint density at radius 2 is 1.95 bits per heavy atom. The van der Waals surface area contributed by atoms with E-state index in [9.17, 15) is 14.0 Å². The molecule has 2 aromatic rings. The third kappa shape index (κ3) is 3.42. The van der Waals surface area contributed by atoms with Gasteiger partial charge in [0.05, 0.1) is 6.04 Å². The summed E-state index contributed by atoms with van der Waals surface area (Å²) >= 11 is 0. The highest BCUT2D eigenvalue weighted by atomic mass is 19.1. The molecule has 1 aromatic carbocycles. The van der Waals surface area contributed by atoms with Gasteiger partial charge in [-0.3, -0.25) is 9.59 Å². The van der Waals surface area contributed by atoms with E-state index >= 15 is 0 Å². The monoisotopic (exact) mass is 300 g/mol. The Morgan fingerprint density at radius 3 is 2.64 bits per heavy atom. The van der Waals surface area contributed by atoms with Gasteiger partial charge in [0.15, 0.2) is 0 Å². The van der Waals surface area contributed by atoms with Crippen molar-refractivity contribution in [1.29, 1.82) is 0 Å². The highest BCUT2D eigenvalue weighted by molar-refractivity contribution is 5.76. The Morgan fingerprint density at radius 1 is 1.23 bits per heavy atom. The van der Waals surface area contributed by atoms with Crippen LogP contribution in [0.15, 0.2) is 53.5 Å². The lowest BCUT2D eigenvalue weighted by Crippen LogP contribution is -2.35. The van der Waals surface area contributed by atoms with Gasteiger partial charge in [-0.15, -0.1) is 0 Å². The van der Waals surface area contributed by atoms with E-state index in [-0.39, 0.29) is 24.1 Å². The summed E-state index contributed by atoms with van der Waals surface area (Å²) in [6.07, 6.45) is 3.22. The second-order valence-corrected chi connectivity index (χ2v) is 5.61. The molecule has 114 valence electrons. The number of carbonyl (C=O) groups is 1. The van der Waals surface area contributed by atoms with Crippen LogP contribution in [0.1, 0.15) is 24.4 Å². The van der Waals surface area contributed by atoms with Crippen LogP contribution in [0.25, 0.3) is 0 Å². The van der Waals surface area contributed by atoms with Crippen molar-refractivity contribution < 1.29 is 9.18 Å². The maximum atomic E-state index is 13.2. The number of pyridine rings is 1. The first-order valence-corrected chi connectivity index (χ1v) is 7.34. The molecule has 1 atom stereocenters. The fourth-order valence-electron chi connectivity index (χ4n) is 2.56. The van der Waals surface area contributed by atoms with Crippen LogP contribution in [0.5, 0.6) is 0 Å². The Bertz CT molecular complexity index is 723. The van der Waals surface area contributed by atoms with Gasteiger partial charge in [0, 0.05) is 12.3 Å². The number of carbonyl (C=O) groups excluding carboxylic acids is 1. The zero-order chi connectivity index (χ0) is 15.5. The lowest BCUT2D eigenvalue weighted by atomic mass is 10.0. The van der Waals surface area contributed by atoms with Crippen molar-refractivity contribution in [3.05, 3.63) is 70.4 Å². The number of amides is 1. The van der Waals surface area contributed by atoms with E-state index in [1.165, 1.54) is 0 Å². The zero-order valence-corrected chi connectivity index (χ0v) is 12.0. The third-order valence-corrected chi connectivity index (χ3v) is 3.83. The molecule has 1 amide bonds. The largest absolute Gasteiger partial charge is 0.347 e. The lowest BCUT2D eigenvalue weighted by molar-refractivity contribution is -0.122. The van der Waals surface area contributed by atoms with Gasteiger partial charge in [-0.05, 0) is 30.4 Å². The van der Waals surface area contributed by atoms with Crippen LogP contribution >= 0.6 is 0 Å². The predicted molar refractivity (Wildman–Crippen MR) is 80.7 cm³/mol. The third-order valence-electron chi connectivity index (χ3n) is 3.83. The van der Waals surface area contributed by atoms with E-state index in [1.54, 1.807) is 0 Å². The van der Waals surface area contributed by atoms with Crippen molar-refractivity contribution in [2.45, 2.75) is 25.4 Å². The van der Waals surface area contributed by atoms with Gasteiger partial charge in [-0.1, -0.05) is 30.3 Å². The summed E-state index contributed by atoms with van der Waals surface area (Å²) in [7, 11) is 0. The molecule has 1 aromatic heterocycles. The lowest BCUT2D eigenvalue weighted by Gasteiger charge is -2.19. The highest BCUT2D eigenvalue weighted by Gasteiger charge is 2.33. The normalized spacial score (nSPS) is 15.3. The molecule has 0 bridgehead atoms. The van der Waals surface area contributed by atoms with Crippen molar-refractivity contribution in [2.24, 2.45) is 5.92 Å². The summed E-state index contributed by atoms with van der Waals surface area (Å²) in [6.45, 7) is -0.174. The molecule has 3 rings (SSSR count). The first-order chi connectivity index (χ1) is 10.6. The zero-order valence-electron chi connectivity index (χ0n) is 12.0. The Labute approximate surface area is 127 Å². The molecule has 0 saturated heterocycles. The number of nitrogens with one attached hydrogen (secondary N) is 1. The summed E-state index contributed by atoms with van der Waals surface area (Å²) in [6, 6.07) is 11.9. The van der Waals surface area contributed by atoms with Crippen molar-refractivity contribution >= 4 is 5.91 Å². The summed E-state index contributed by atoms with van der Waals surface area (Å²) in [5.74, 6) is -0.377. The number of hydrogen-bond donors (Lipinski definition) is 1. The van der Waals surface area contributed by atoms with Gasteiger partial charge >= 0.3 is 0 Å². The van der Waals surface area contributed by atoms with Crippen LogP contribution in [0.2, 0.25) is 0 Å². The summed E-state index contributed by atoms with van der Waals surface area (Å²) in [5.41, 5.74) is 0.671. The first-order valence-electron chi connectivity index (χ1n) is 7.34. The molecule has 1 heterocycles. The summed E-state index contributed by atoms with van der Waals surface area (Å²) in [4.78, 5) is 23.8. The average molecular weight is 300 g/mol. The minimum atomic E-state index is -0.533. The molecule has 1 fully saturated rings. The average Bonchev–Trinajstić information content (AvgIpc) is 3.34. The quantitative estimate of drug-likeness (QED) is 0.921. The SMILES string of the molecule is O=C(Cn1cc(F)ccc1=O)NC(c1ccccc1)C1CC1. The Hall–Kier alpha value is -2.43. The molecular weight excluding hydrogens is 283 g/mol. The van der Waals surface area contributed by atoms with E-state index in [1.807, 2.05) is 30.3 Å². The second kappa shape index (κ2) is 6.13. The van der Waals surface area contributed by atoms with Gasteiger partial charge in [-0.2, -0.15) is 0 Å². The van der Waals surface area contributed by atoms with E-state index in [0.717, 1.165) is 41.3 Å². The summed E-state index contributed by atoms with van der Waals surface area (Å²) < 4.78 is 14.3. The molecule has 0 spiro atoms. The molecule has 5 heteroatoms. The highest BCUT2D eigenvalue weighted by Crippen LogP contribution is 2.40. The number of rotatable bonds is 5. The standard InChI is InChI=1S/C17H17FN2O2/c18-14-8-9-16(22)20(10-14)11-15(21)19-17(13-6-7-13)12-4-2-1-3-5-12/h1-5,8-10,13,17H,6-7,11H2,(H,19,21). The molecule has 1 saturated carbocycles. The van der Waals surface area contributed by atoms with Crippen LogP contribution in [-0.4, -0.2) is 10.5 Å². The Balaban J connectivity index is 1.72. The van der Waals surface area contributed by atoms with Gasteiger partial charge in [0.1, 0.15) is 12.4 Å². The van der Waals surface area contributed by atoms with E-state index in [2.05, 4.69) is 5.32 Å². The topological polar surface area (TPSA) is 51.1 Å². The molecule has 22 heavy (non-hydrogen) atoms. The number of aromatic nitrogens is 1. The van der Waals surface area contributed by atoms with Crippen LogP contribution in [0, 0.1) is 11.7 Å². The molecule has 4 nitrogen and oxygen atoms in total. The predicted octanol–water partition coefficient (Wildman–Crippen LogP) is 2.25. The maximum absolute atomic E-state index is 13.2. The van der Waals surface area contributed by atoms with Crippen molar-refractivity contribution in [3.63, 3.8) is 0 Å². The fraction of sp³-hybridized carbons (Fsp3) is 0.294. The second-order valence-electron chi connectivity index (χ2n) is 5.61. The van der Waals surface area contributed by atoms with Crippen molar-refractivity contribution in [1.82, 2.24) is 9.88 Å². The van der Waals surface area contributed by atoms with Crippen LogP contribution in [-0.2, 0) is 11.3 Å². The molecule has 1 unspecified atom stereocenters. The molecule has 0 aliphatic heterocycles. The van der Waals surface area contributed by atoms with E-state index in [0.29, 0.717) is 5.92 Å².